The average Bonchev–Trinajstić information content (AvgIpc) is 3.34. The van der Waals surface area contributed by atoms with Crippen LogP contribution in [0.4, 0.5) is 26.2 Å². The second-order valence-corrected chi connectivity index (χ2v) is 7.91. The lowest BCUT2D eigenvalue weighted by Gasteiger charge is -2.14. The molecule has 1 saturated carbocycles. The molecular weight excluding hydrogens is 404 g/mol. The standard InChI is InChI=1S/C21H21F2N7O/c1-10-6-12-19(23)15(7-13(22)20(12)24-10)31-21-26-16(9-18(27-21)30(2)3)25-17-8-14(28-29-17)11-4-5-11/h6-9,11,24H,4-5H2,1-3H3,(H2,25,26,27,28,29). The van der Waals surface area contributed by atoms with Crippen molar-refractivity contribution in [3.63, 3.8) is 0 Å². The molecule has 0 aliphatic heterocycles. The van der Waals surface area contributed by atoms with E-state index in [0.29, 0.717) is 29.1 Å². The molecule has 1 fully saturated rings. The van der Waals surface area contributed by atoms with Gasteiger partial charge in [-0.1, -0.05) is 0 Å². The Labute approximate surface area is 176 Å². The largest absolute Gasteiger partial charge is 0.421 e. The molecule has 3 heterocycles. The van der Waals surface area contributed by atoms with Gasteiger partial charge in [-0.15, -0.1) is 0 Å². The SMILES string of the molecule is Cc1cc2c(F)c(Oc3nc(Nc4cc(C5CC5)[nH]n4)cc(N(C)C)n3)cc(F)c2[nH]1. The van der Waals surface area contributed by atoms with E-state index >= 15 is 0 Å². The maximum absolute atomic E-state index is 14.9. The first-order valence-electron chi connectivity index (χ1n) is 9.91. The Morgan fingerprint density at radius 3 is 2.65 bits per heavy atom. The number of aryl methyl sites for hydroxylation is 1. The van der Waals surface area contributed by atoms with Crippen molar-refractivity contribution in [1.82, 2.24) is 25.1 Å². The number of halogens is 2. The second kappa shape index (κ2) is 7.22. The molecule has 31 heavy (non-hydrogen) atoms. The Hall–Kier alpha value is -3.69. The van der Waals surface area contributed by atoms with Crippen molar-refractivity contribution in [2.24, 2.45) is 0 Å². The zero-order valence-corrected chi connectivity index (χ0v) is 17.3. The Morgan fingerprint density at radius 2 is 1.90 bits per heavy atom. The Bertz CT molecular complexity index is 1280. The lowest BCUT2D eigenvalue weighted by atomic mass is 10.2. The van der Waals surface area contributed by atoms with Crippen LogP contribution in [-0.4, -0.2) is 39.2 Å². The Kier molecular flexibility index (Phi) is 4.49. The van der Waals surface area contributed by atoms with Gasteiger partial charge in [0.1, 0.15) is 11.6 Å². The minimum absolute atomic E-state index is 0.0951. The van der Waals surface area contributed by atoms with Crippen LogP contribution in [0.25, 0.3) is 10.9 Å². The van der Waals surface area contributed by atoms with Crippen LogP contribution in [-0.2, 0) is 0 Å². The summed E-state index contributed by atoms with van der Waals surface area (Å²) in [4.78, 5) is 13.2. The first-order chi connectivity index (χ1) is 14.9. The van der Waals surface area contributed by atoms with E-state index in [0.717, 1.165) is 24.6 Å². The molecule has 1 aliphatic carbocycles. The van der Waals surface area contributed by atoms with Gasteiger partial charge in [0, 0.05) is 55.0 Å². The minimum Gasteiger partial charge on any atom is -0.421 e. The monoisotopic (exact) mass is 425 g/mol. The van der Waals surface area contributed by atoms with E-state index in [-0.39, 0.29) is 22.7 Å². The number of benzene rings is 1. The summed E-state index contributed by atoms with van der Waals surface area (Å²) < 4.78 is 35.0. The number of nitrogens with one attached hydrogen (secondary N) is 3. The molecule has 5 rings (SSSR count). The van der Waals surface area contributed by atoms with Gasteiger partial charge >= 0.3 is 6.01 Å². The zero-order valence-electron chi connectivity index (χ0n) is 17.3. The van der Waals surface area contributed by atoms with Crippen LogP contribution in [0.3, 0.4) is 0 Å². The van der Waals surface area contributed by atoms with Gasteiger partial charge in [0.05, 0.1) is 5.52 Å². The summed E-state index contributed by atoms with van der Waals surface area (Å²) in [5.41, 5.74) is 1.82. The maximum Gasteiger partial charge on any atom is 0.326 e. The van der Waals surface area contributed by atoms with Gasteiger partial charge in [-0.3, -0.25) is 5.10 Å². The molecule has 8 nitrogen and oxygen atoms in total. The number of aromatic nitrogens is 5. The minimum atomic E-state index is -0.685. The number of H-pyrrole nitrogens is 2. The highest BCUT2D eigenvalue weighted by molar-refractivity contribution is 5.83. The van der Waals surface area contributed by atoms with E-state index in [4.69, 9.17) is 4.74 Å². The highest BCUT2D eigenvalue weighted by Gasteiger charge is 2.25. The molecule has 0 radical (unpaired) electrons. The highest BCUT2D eigenvalue weighted by atomic mass is 19.1. The van der Waals surface area contributed by atoms with E-state index in [1.807, 2.05) is 20.2 Å². The number of nitrogens with zero attached hydrogens (tertiary/aromatic N) is 4. The van der Waals surface area contributed by atoms with Crippen LogP contribution < -0.4 is 15.0 Å². The van der Waals surface area contributed by atoms with Crippen LogP contribution in [0, 0.1) is 18.6 Å². The Morgan fingerprint density at radius 1 is 1.10 bits per heavy atom. The molecular formula is C21H21F2N7O. The molecule has 0 saturated heterocycles. The van der Waals surface area contributed by atoms with Crippen molar-refractivity contribution in [3.8, 4) is 11.8 Å². The molecule has 3 N–H and O–H groups in total. The summed E-state index contributed by atoms with van der Waals surface area (Å²) in [7, 11) is 3.62. The lowest BCUT2D eigenvalue weighted by Crippen LogP contribution is -2.12. The van der Waals surface area contributed by atoms with E-state index in [1.165, 1.54) is 6.07 Å². The predicted octanol–water partition coefficient (Wildman–Crippen LogP) is 4.75. The fraction of sp³-hybridized carbons (Fsp3) is 0.286. The first kappa shape index (κ1) is 19.3. The molecule has 0 atom stereocenters. The molecule has 0 spiro atoms. The van der Waals surface area contributed by atoms with Crippen LogP contribution in [0.2, 0.25) is 0 Å². The number of rotatable bonds is 6. The highest BCUT2D eigenvalue weighted by Crippen LogP contribution is 2.40. The molecule has 4 aromatic rings. The maximum atomic E-state index is 14.9. The lowest BCUT2D eigenvalue weighted by molar-refractivity contribution is 0.411. The number of fused-ring (bicyclic) bond motifs is 1. The molecule has 0 amide bonds. The summed E-state index contributed by atoms with van der Waals surface area (Å²) in [6, 6.07) is 6.05. The zero-order chi connectivity index (χ0) is 21.7. The number of ether oxygens (including phenoxy) is 1. The fourth-order valence-electron chi connectivity index (χ4n) is 3.39. The number of anilines is 3. The molecule has 0 bridgehead atoms. The van der Waals surface area contributed by atoms with Crippen LogP contribution in [0.5, 0.6) is 11.8 Å². The van der Waals surface area contributed by atoms with Crippen molar-refractivity contribution < 1.29 is 13.5 Å². The topological polar surface area (TPSA) is 94.8 Å². The van der Waals surface area contributed by atoms with E-state index < -0.39 is 11.6 Å². The molecule has 10 heteroatoms. The first-order valence-corrected chi connectivity index (χ1v) is 9.91. The third-order valence-corrected chi connectivity index (χ3v) is 5.12. The van der Waals surface area contributed by atoms with Gasteiger partial charge in [0.15, 0.2) is 23.2 Å². The van der Waals surface area contributed by atoms with Crippen molar-refractivity contribution in [3.05, 3.63) is 47.3 Å². The van der Waals surface area contributed by atoms with Gasteiger partial charge in [0.2, 0.25) is 0 Å². The molecule has 1 aliphatic rings. The van der Waals surface area contributed by atoms with Gasteiger partial charge in [-0.05, 0) is 25.8 Å². The molecule has 1 aromatic carbocycles. The summed E-state index contributed by atoms with van der Waals surface area (Å²) >= 11 is 0. The van der Waals surface area contributed by atoms with E-state index in [2.05, 4.69) is 30.5 Å². The van der Waals surface area contributed by atoms with Gasteiger partial charge in [-0.2, -0.15) is 15.1 Å². The van der Waals surface area contributed by atoms with Crippen LogP contribution >= 0.6 is 0 Å². The number of hydrogen-bond acceptors (Lipinski definition) is 6. The third-order valence-electron chi connectivity index (χ3n) is 5.12. The molecule has 3 aromatic heterocycles. The third kappa shape index (κ3) is 3.76. The van der Waals surface area contributed by atoms with Crippen molar-refractivity contribution in [2.45, 2.75) is 25.7 Å². The van der Waals surface area contributed by atoms with Crippen LogP contribution in [0.1, 0.15) is 30.1 Å². The smallest absolute Gasteiger partial charge is 0.326 e. The van der Waals surface area contributed by atoms with Crippen molar-refractivity contribution in [1.29, 1.82) is 0 Å². The number of aromatic amines is 2. The van der Waals surface area contributed by atoms with Gasteiger partial charge < -0.3 is 19.9 Å². The summed E-state index contributed by atoms with van der Waals surface area (Å²) in [6.45, 7) is 1.73. The Balaban J connectivity index is 1.48. The normalized spacial score (nSPS) is 13.6. The summed E-state index contributed by atoms with van der Waals surface area (Å²) in [5.74, 6) is 0.502. The van der Waals surface area contributed by atoms with Gasteiger partial charge in [-0.25, -0.2) is 8.78 Å². The van der Waals surface area contributed by atoms with Crippen molar-refractivity contribution in [2.75, 3.05) is 24.3 Å². The quantitative estimate of drug-likeness (QED) is 0.413. The van der Waals surface area contributed by atoms with E-state index in [1.54, 1.807) is 17.9 Å². The fourth-order valence-corrected chi connectivity index (χ4v) is 3.39. The molecule has 160 valence electrons. The summed E-state index contributed by atoms with van der Waals surface area (Å²) in [6.07, 6.45) is 2.32. The molecule has 0 unspecified atom stereocenters. The summed E-state index contributed by atoms with van der Waals surface area (Å²) in [5, 5.41) is 10.5. The van der Waals surface area contributed by atoms with Gasteiger partial charge in [0.25, 0.3) is 0 Å². The second-order valence-electron chi connectivity index (χ2n) is 7.91. The van der Waals surface area contributed by atoms with Crippen molar-refractivity contribution >= 4 is 28.4 Å². The average molecular weight is 425 g/mol. The van der Waals surface area contributed by atoms with Crippen LogP contribution in [0.15, 0.2) is 24.3 Å². The number of hydrogen-bond donors (Lipinski definition) is 3. The van der Waals surface area contributed by atoms with E-state index in [9.17, 15) is 8.78 Å². The predicted molar refractivity (Wildman–Crippen MR) is 113 cm³/mol.